The van der Waals surface area contributed by atoms with Crippen LogP contribution in [-0.2, 0) is 17.6 Å². The number of aliphatic hydroxyl groups excluding tert-OH is 4. The highest BCUT2D eigenvalue weighted by molar-refractivity contribution is 5.48. The summed E-state index contributed by atoms with van der Waals surface area (Å²) in [7, 11) is 0. The van der Waals surface area contributed by atoms with E-state index in [9.17, 15) is 20.4 Å². The molecule has 3 heterocycles. The van der Waals surface area contributed by atoms with Crippen LogP contribution in [0.25, 0.3) is 5.69 Å². The first-order valence-corrected chi connectivity index (χ1v) is 11.2. The van der Waals surface area contributed by atoms with Crippen molar-refractivity contribution in [1.29, 1.82) is 0 Å². The monoisotopic (exact) mass is 452 g/mol. The lowest BCUT2D eigenvalue weighted by Crippen LogP contribution is -2.55. The van der Waals surface area contributed by atoms with Gasteiger partial charge >= 0.3 is 0 Å². The van der Waals surface area contributed by atoms with Crippen molar-refractivity contribution in [3.63, 3.8) is 0 Å². The van der Waals surface area contributed by atoms with Crippen LogP contribution in [0, 0.1) is 0 Å². The molecule has 0 amide bonds. The maximum atomic E-state index is 10.6. The largest absolute Gasteiger partial charge is 0.493 e. The third kappa shape index (κ3) is 4.28. The molecule has 8 heteroatoms. The van der Waals surface area contributed by atoms with Crippen LogP contribution >= 0.6 is 0 Å². The zero-order chi connectivity index (χ0) is 22.9. The molecule has 2 aliphatic rings. The molecule has 3 aromatic rings. The maximum absolute atomic E-state index is 10.6. The Morgan fingerprint density at radius 3 is 2.70 bits per heavy atom. The average molecular weight is 453 g/mol. The van der Waals surface area contributed by atoms with E-state index >= 15 is 0 Å². The first kappa shape index (κ1) is 22.1. The van der Waals surface area contributed by atoms with Gasteiger partial charge in [-0.15, -0.1) is 0 Å². The van der Waals surface area contributed by atoms with Gasteiger partial charge in [0.25, 0.3) is 0 Å². The van der Waals surface area contributed by atoms with Gasteiger partial charge in [-0.3, -0.25) is 0 Å². The van der Waals surface area contributed by atoms with E-state index in [1.807, 2.05) is 36.5 Å². The molecule has 1 fully saturated rings. The Kier molecular flexibility index (Phi) is 6.18. The van der Waals surface area contributed by atoms with E-state index in [1.54, 1.807) is 10.9 Å². The molecule has 0 radical (unpaired) electrons. The fraction of sp³-hybridized carbons (Fsp3) is 0.400. The van der Waals surface area contributed by atoms with Gasteiger partial charge in [0.05, 0.1) is 18.9 Å². The van der Waals surface area contributed by atoms with E-state index < -0.39 is 37.1 Å². The van der Waals surface area contributed by atoms with Crippen molar-refractivity contribution in [2.45, 2.75) is 49.8 Å². The zero-order valence-corrected chi connectivity index (χ0v) is 18.1. The van der Waals surface area contributed by atoms with E-state index in [0.717, 1.165) is 42.0 Å². The Balaban J connectivity index is 1.51. The Morgan fingerprint density at radius 1 is 1.03 bits per heavy atom. The minimum absolute atomic E-state index is 0.461. The molecule has 1 aromatic heterocycles. The summed E-state index contributed by atoms with van der Waals surface area (Å²) < 4.78 is 13.3. The second-order valence-electron chi connectivity index (χ2n) is 8.66. The summed E-state index contributed by atoms with van der Waals surface area (Å²) in [4.78, 5) is 0. The molecule has 174 valence electrons. The molecular formula is C25H28N2O6. The molecule has 0 aliphatic carbocycles. The molecule has 0 spiro atoms. The number of hydrogen-bond donors (Lipinski definition) is 4. The predicted molar refractivity (Wildman–Crippen MR) is 119 cm³/mol. The number of aryl methyl sites for hydroxylation is 1. The van der Waals surface area contributed by atoms with E-state index in [-0.39, 0.29) is 0 Å². The summed E-state index contributed by atoms with van der Waals surface area (Å²) in [5, 5.41) is 44.9. The van der Waals surface area contributed by atoms with Crippen LogP contribution < -0.4 is 4.74 Å². The van der Waals surface area contributed by atoms with Gasteiger partial charge in [-0.2, -0.15) is 5.10 Å². The molecule has 5 rings (SSSR count). The van der Waals surface area contributed by atoms with Crippen LogP contribution in [0.2, 0.25) is 0 Å². The first-order chi connectivity index (χ1) is 16.0. The number of ether oxygens (including phenoxy) is 2. The van der Waals surface area contributed by atoms with Crippen molar-refractivity contribution in [2.75, 3.05) is 13.2 Å². The van der Waals surface area contributed by atoms with Crippen molar-refractivity contribution in [3.05, 3.63) is 77.1 Å². The molecule has 5 atom stereocenters. The van der Waals surface area contributed by atoms with Crippen LogP contribution in [0.15, 0.2) is 54.9 Å². The van der Waals surface area contributed by atoms with E-state index in [4.69, 9.17) is 9.47 Å². The van der Waals surface area contributed by atoms with E-state index in [1.165, 1.54) is 5.56 Å². The fourth-order valence-electron chi connectivity index (χ4n) is 4.68. The summed E-state index contributed by atoms with van der Waals surface area (Å²) >= 11 is 0. The van der Waals surface area contributed by atoms with Crippen LogP contribution in [0.1, 0.15) is 34.8 Å². The first-order valence-electron chi connectivity index (χ1n) is 11.2. The molecular weight excluding hydrogens is 424 g/mol. The highest BCUT2D eigenvalue weighted by Gasteiger charge is 2.44. The number of fused-ring (bicyclic) bond motifs is 1. The van der Waals surface area contributed by atoms with Gasteiger partial charge in [-0.25, -0.2) is 4.68 Å². The standard InChI is InChI=1S/C25H28N2O6/c28-14-21-22(29)23(30)24(31)25(33-21)17-5-6-19(27-9-2-8-26-27)18(13-17)12-15-4-7-20-16(11-15)3-1-10-32-20/h2,4-9,11,13,21-25,28-31H,1,3,10,12,14H2/t21-,22-,23+,24-,25+/m1/s1. The molecule has 2 aromatic carbocycles. The average Bonchev–Trinajstić information content (AvgIpc) is 3.37. The van der Waals surface area contributed by atoms with Crippen molar-refractivity contribution in [2.24, 2.45) is 0 Å². The Labute approximate surface area is 191 Å². The van der Waals surface area contributed by atoms with E-state index in [0.29, 0.717) is 12.0 Å². The van der Waals surface area contributed by atoms with Crippen molar-refractivity contribution < 1.29 is 29.9 Å². The minimum atomic E-state index is -1.42. The normalized spacial score (nSPS) is 27.1. The van der Waals surface area contributed by atoms with Gasteiger partial charge in [0.1, 0.15) is 36.3 Å². The smallest absolute Gasteiger partial charge is 0.122 e. The van der Waals surface area contributed by atoms with Gasteiger partial charge in [-0.1, -0.05) is 24.3 Å². The number of hydrogen-bond acceptors (Lipinski definition) is 7. The molecule has 8 nitrogen and oxygen atoms in total. The van der Waals surface area contributed by atoms with Gasteiger partial charge in [0.2, 0.25) is 0 Å². The number of nitrogens with zero attached hydrogens (tertiary/aromatic N) is 2. The highest BCUT2D eigenvalue weighted by Crippen LogP contribution is 2.34. The Hall–Kier alpha value is -2.75. The third-order valence-electron chi connectivity index (χ3n) is 6.44. The molecule has 33 heavy (non-hydrogen) atoms. The van der Waals surface area contributed by atoms with Gasteiger partial charge in [0.15, 0.2) is 0 Å². The Bertz CT molecular complexity index is 1100. The van der Waals surface area contributed by atoms with Gasteiger partial charge < -0.3 is 29.9 Å². The topological polar surface area (TPSA) is 117 Å². The van der Waals surface area contributed by atoms with Crippen LogP contribution in [0.3, 0.4) is 0 Å². The van der Waals surface area contributed by atoms with Crippen molar-refractivity contribution in [3.8, 4) is 11.4 Å². The number of rotatable bonds is 5. The number of aromatic nitrogens is 2. The summed E-state index contributed by atoms with van der Waals surface area (Å²) in [6.45, 7) is 0.286. The highest BCUT2D eigenvalue weighted by atomic mass is 16.5. The van der Waals surface area contributed by atoms with Gasteiger partial charge in [0, 0.05) is 12.4 Å². The van der Waals surface area contributed by atoms with Crippen molar-refractivity contribution in [1.82, 2.24) is 9.78 Å². The summed E-state index contributed by atoms with van der Waals surface area (Å²) in [6.07, 6.45) is 0.212. The lowest BCUT2D eigenvalue weighted by Gasteiger charge is -2.40. The number of benzene rings is 2. The second-order valence-corrected chi connectivity index (χ2v) is 8.66. The second kappa shape index (κ2) is 9.24. The third-order valence-corrected chi connectivity index (χ3v) is 6.44. The van der Waals surface area contributed by atoms with E-state index in [2.05, 4.69) is 17.2 Å². The predicted octanol–water partition coefficient (Wildman–Crippen LogP) is 1.30. The summed E-state index contributed by atoms with van der Waals surface area (Å²) in [5.74, 6) is 0.937. The Morgan fingerprint density at radius 2 is 1.91 bits per heavy atom. The summed E-state index contributed by atoms with van der Waals surface area (Å²) in [6, 6.07) is 13.7. The molecule has 4 N–H and O–H groups in total. The molecule has 2 aliphatic heterocycles. The number of aliphatic hydroxyl groups is 4. The zero-order valence-electron chi connectivity index (χ0n) is 18.1. The van der Waals surface area contributed by atoms with Crippen LogP contribution in [0.4, 0.5) is 0 Å². The van der Waals surface area contributed by atoms with Crippen LogP contribution in [-0.4, -0.2) is 67.8 Å². The SMILES string of the molecule is OC[C@H]1O[C@@H](c2ccc(-n3cccn3)c(Cc3ccc4c(c3)CCCO4)c2)[C@H](O)[C@@H](O)[C@@H]1O. The molecule has 0 unspecified atom stereocenters. The minimum Gasteiger partial charge on any atom is -0.493 e. The van der Waals surface area contributed by atoms with Crippen molar-refractivity contribution >= 4 is 0 Å². The maximum Gasteiger partial charge on any atom is 0.122 e. The van der Waals surface area contributed by atoms with Crippen LogP contribution in [0.5, 0.6) is 5.75 Å². The van der Waals surface area contributed by atoms with Gasteiger partial charge in [-0.05, 0) is 59.7 Å². The lowest BCUT2D eigenvalue weighted by atomic mass is 9.89. The fourth-order valence-corrected chi connectivity index (χ4v) is 4.68. The lowest BCUT2D eigenvalue weighted by molar-refractivity contribution is -0.231. The molecule has 0 bridgehead atoms. The molecule has 1 saturated heterocycles. The quantitative estimate of drug-likeness (QED) is 0.461. The molecule has 0 saturated carbocycles. The summed E-state index contributed by atoms with van der Waals surface area (Å²) in [5.41, 5.74) is 4.83.